The fraction of sp³-hybridized carbons (Fsp3) is 0.414. The predicted molar refractivity (Wildman–Crippen MR) is 326 cm³/mol. The average molecular weight is 1250 g/mol. The van der Waals surface area contributed by atoms with Crippen molar-refractivity contribution in [2.75, 3.05) is 19.6 Å². The van der Waals surface area contributed by atoms with Gasteiger partial charge in [-0.05, 0) is 99.7 Å². The van der Waals surface area contributed by atoms with Gasteiger partial charge in [0.2, 0.25) is 17.7 Å². The third kappa shape index (κ3) is 22.8. The fourth-order valence-electron chi connectivity index (χ4n) is 7.16. The van der Waals surface area contributed by atoms with Crippen LogP contribution in [0, 0.1) is 50.4 Å². The zero-order valence-corrected chi connectivity index (χ0v) is 48.0. The van der Waals surface area contributed by atoms with E-state index < -0.39 is 23.3 Å². The highest BCUT2D eigenvalue weighted by Crippen LogP contribution is 2.44. The van der Waals surface area contributed by atoms with E-state index in [0.717, 1.165) is 55.5 Å². The lowest BCUT2D eigenvalue weighted by Crippen LogP contribution is -2.28. The Hall–Kier alpha value is -6.25. The van der Waals surface area contributed by atoms with Crippen LogP contribution in [0.1, 0.15) is 132 Å². The third-order valence-electron chi connectivity index (χ3n) is 11.7. The molecule has 0 aliphatic carbocycles. The van der Waals surface area contributed by atoms with Crippen LogP contribution >= 0.6 is 58.0 Å². The number of imide groups is 1. The molecule has 0 radical (unpaired) electrons. The molecule has 2 saturated heterocycles. The zero-order valence-electron chi connectivity index (χ0n) is 44.2. The van der Waals surface area contributed by atoms with E-state index in [1.807, 2.05) is 57.7 Å². The highest BCUT2D eigenvalue weighted by Gasteiger charge is 2.27. The van der Waals surface area contributed by atoms with Gasteiger partial charge in [0, 0.05) is 69.7 Å². The molecular formula is C58H76Cl5F4N7O8. The number of halogens is 9. The molecule has 0 atom stereocenters. The summed E-state index contributed by atoms with van der Waals surface area (Å²) >= 11 is 29.3. The largest absolute Gasteiger partial charge is 0.343 e. The molecule has 3 heterocycles. The van der Waals surface area contributed by atoms with E-state index in [2.05, 4.69) is 10.3 Å². The Labute approximate surface area is 504 Å². The quantitative estimate of drug-likeness (QED) is 0.0336. The van der Waals surface area contributed by atoms with Crippen molar-refractivity contribution >= 4 is 98.0 Å². The number of nitrogens with zero attached hydrogens (tertiary/aromatic N) is 7. The highest BCUT2D eigenvalue weighted by molar-refractivity contribution is 6.55. The maximum absolute atomic E-state index is 12.9. The number of likely N-dealkylation sites (tertiary alicyclic amines) is 2. The molecule has 5 aromatic carbocycles. The standard InChI is InChI=1S/C9H8F4.C9H9N3O.C8H5Cl5.2C8H9NO2.C6H9NO2.C6H11NO.4CH4/c1-3-5-4(2)6(10)8(12)9(13)7(5)11;1-2-12-9(13)7-5-3-4-6-8(7)10-11-12;1-2-3-4(9)6(11)8(13)7(12)5(3)10;1-2-7-3-5-8(6-4-7)9(10)11;1-2-7-4-3-5-8(6-7)9(10)11;1-2-7-5(8)3-4-6(7)9;1-2-7-5-3-4-6(7)8;;;;/h3H2,1-2H3;3-6H,2H2,1H3;2H2,1H3;2*3-6H,2H2,1H3;2-4H2,1H3;2-5H2,1H3;4*1H4. The van der Waals surface area contributed by atoms with Gasteiger partial charge in [-0.25, -0.2) is 22.2 Å². The summed E-state index contributed by atoms with van der Waals surface area (Å²) in [5, 5.41) is 30.3. The van der Waals surface area contributed by atoms with Gasteiger partial charge in [-0.3, -0.25) is 44.3 Å². The van der Waals surface area contributed by atoms with E-state index in [-0.39, 0.29) is 101 Å². The summed E-state index contributed by atoms with van der Waals surface area (Å²) in [4.78, 5) is 66.7. The Morgan fingerprint density at radius 3 is 1.45 bits per heavy atom. The third-order valence-corrected chi connectivity index (χ3v) is 14.0. The van der Waals surface area contributed by atoms with E-state index in [1.165, 1.54) is 34.7 Å². The molecule has 2 fully saturated rings. The molecule has 454 valence electrons. The SMILES string of the molecule is C.C.C.C.CCN1C(=O)CCC1=O.CCN1CCCC1=O.CCc1c(C)c(F)c(F)c(F)c1F.CCc1c(Cl)c(Cl)c(Cl)c(Cl)c1Cl.CCc1ccc([N+](=O)[O-])cc1.CCc1cccc([N+](=O)[O-])c1.CCn1nnc2ccccc2c1=O. The van der Waals surface area contributed by atoms with Crippen molar-refractivity contribution in [3.05, 3.63) is 180 Å². The minimum atomic E-state index is -1.74. The molecule has 2 aliphatic heterocycles. The first-order valence-electron chi connectivity index (χ1n) is 24.6. The number of hydrogen-bond donors (Lipinski definition) is 0. The summed E-state index contributed by atoms with van der Waals surface area (Å²) in [7, 11) is 0. The first kappa shape index (κ1) is 80.0. The van der Waals surface area contributed by atoms with E-state index in [4.69, 9.17) is 58.0 Å². The normalized spacial score (nSPS) is 11.7. The van der Waals surface area contributed by atoms with Gasteiger partial charge in [0.05, 0.1) is 40.3 Å². The van der Waals surface area contributed by atoms with Gasteiger partial charge in [0.25, 0.3) is 16.9 Å². The van der Waals surface area contributed by atoms with Crippen LogP contribution in [-0.2, 0) is 46.6 Å². The number of carbonyl (C=O) groups is 3. The second-order valence-corrected chi connectivity index (χ2v) is 18.4. The van der Waals surface area contributed by atoms with Crippen LogP contribution in [-0.4, -0.2) is 72.0 Å². The Morgan fingerprint density at radius 1 is 0.537 bits per heavy atom. The summed E-state index contributed by atoms with van der Waals surface area (Å²) in [6, 6.07) is 20.5. The maximum Gasteiger partial charge on any atom is 0.277 e. The van der Waals surface area contributed by atoms with Crippen molar-refractivity contribution in [3.8, 4) is 0 Å². The first-order valence-corrected chi connectivity index (χ1v) is 26.5. The number of amides is 3. The van der Waals surface area contributed by atoms with E-state index in [1.54, 1.807) is 50.2 Å². The van der Waals surface area contributed by atoms with Crippen LogP contribution in [0.4, 0.5) is 28.9 Å². The number of nitro benzene ring substituents is 2. The summed E-state index contributed by atoms with van der Waals surface area (Å²) in [5.41, 5.74) is 3.46. The van der Waals surface area contributed by atoms with Gasteiger partial charge in [0.1, 0.15) is 5.52 Å². The number of carbonyl (C=O) groups excluding carboxylic acids is 3. The minimum absolute atomic E-state index is 0. The zero-order chi connectivity index (χ0) is 59.0. The lowest BCUT2D eigenvalue weighted by atomic mass is 10.0. The predicted octanol–water partition coefficient (Wildman–Crippen LogP) is 17.1. The molecule has 24 heteroatoms. The van der Waals surface area contributed by atoms with E-state index in [0.29, 0.717) is 59.2 Å². The Bertz CT molecular complexity index is 2960. The molecule has 82 heavy (non-hydrogen) atoms. The fourth-order valence-corrected chi connectivity index (χ4v) is 8.60. The summed E-state index contributed by atoms with van der Waals surface area (Å²) < 4.78 is 52.3. The molecule has 0 bridgehead atoms. The number of rotatable bonds is 9. The molecule has 0 saturated carbocycles. The average Bonchev–Trinajstić information content (AvgIpc) is 4.07. The van der Waals surface area contributed by atoms with Crippen molar-refractivity contribution in [2.45, 2.75) is 143 Å². The van der Waals surface area contributed by atoms with Crippen LogP contribution in [0.5, 0.6) is 0 Å². The second kappa shape index (κ2) is 40.1. The lowest BCUT2D eigenvalue weighted by Gasteiger charge is -2.10. The monoisotopic (exact) mass is 1250 g/mol. The van der Waals surface area contributed by atoms with Crippen molar-refractivity contribution in [1.82, 2.24) is 24.8 Å². The van der Waals surface area contributed by atoms with Gasteiger partial charge < -0.3 is 4.90 Å². The van der Waals surface area contributed by atoms with Gasteiger partial charge in [-0.1, -0.05) is 157 Å². The van der Waals surface area contributed by atoms with Gasteiger partial charge in [-0.15, -0.1) is 5.10 Å². The van der Waals surface area contributed by atoms with Gasteiger partial charge in [-0.2, -0.15) is 0 Å². The summed E-state index contributed by atoms with van der Waals surface area (Å²) in [6.45, 7) is 17.3. The second-order valence-electron chi connectivity index (χ2n) is 16.5. The minimum Gasteiger partial charge on any atom is -0.343 e. The number of aryl methyl sites for hydroxylation is 3. The van der Waals surface area contributed by atoms with Crippen LogP contribution in [0.3, 0.4) is 0 Å². The molecular weight excluding hydrogens is 1180 g/mol. The number of fused-ring (bicyclic) bond motifs is 1. The number of non-ortho nitro benzene ring substituents is 2. The van der Waals surface area contributed by atoms with E-state index >= 15 is 0 Å². The van der Waals surface area contributed by atoms with Crippen LogP contribution in [0.2, 0.25) is 25.1 Å². The highest BCUT2D eigenvalue weighted by atomic mass is 35.5. The number of benzene rings is 5. The number of hydrogen-bond acceptors (Lipinski definition) is 10. The summed E-state index contributed by atoms with van der Waals surface area (Å²) in [6.07, 6.45) is 5.19. The van der Waals surface area contributed by atoms with Crippen LogP contribution in [0.25, 0.3) is 10.9 Å². The van der Waals surface area contributed by atoms with Gasteiger partial charge >= 0.3 is 0 Å². The smallest absolute Gasteiger partial charge is 0.277 e. The molecule has 6 aromatic rings. The molecule has 1 aromatic heterocycles. The van der Waals surface area contributed by atoms with Crippen molar-refractivity contribution in [2.24, 2.45) is 0 Å². The Balaban J connectivity index is -0.000000886. The van der Waals surface area contributed by atoms with E-state index in [9.17, 15) is 57.0 Å². The van der Waals surface area contributed by atoms with Crippen molar-refractivity contribution in [3.63, 3.8) is 0 Å². The Morgan fingerprint density at radius 2 is 1.04 bits per heavy atom. The molecule has 2 aliphatic rings. The molecule has 8 rings (SSSR count). The number of nitro groups is 2. The Kier molecular flexibility index (Phi) is 39.1. The molecule has 0 unspecified atom stereocenters. The summed E-state index contributed by atoms with van der Waals surface area (Å²) in [5.74, 6) is -5.81. The topological polar surface area (TPSA) is 192 Å². The van der Waals surface area contributed by atoms with Crippen molar-refractivity contribution < 1.29 is 41.8 Å². The molecule has 3 amide bonds. The number of aromatic nitrogens is 3. The molecule has 15 nitrogen and oxygen atoms in total. The lowest BCUT2D eigenvalue weighted by molar-refractivity contribution is -0.385. The maximum atomic E-state index is 12.9. The van der Waals surface area contributed by atoms with Crippen LogP contribution in [0.15, 0.2) is 77.6 Å². The van der Waals surface area contributed by atoms with Gasteiger partial charge in [0.15, 0.2) is 23.3 Å². The van der Waals surface area contributed by atoms with Crippen molar-refractivity contribution in [1.29, 1.82) is 0 Å². The first-order chi connectivity index (χ1) is 36.9. The molecule has 0 spiro atoms. The van der Waals surface area contributed by atoms with Crippen LogP contribution < -0.4 is 5.56 Å². The molecule has 0 N–H and O–H groups in total.